The van der Waals surface area contributed by atoms with Crippen LogP contribution in [0.2, 0.25) is 0 Å². The number of carboxylic acid groups (broad SMARTS) is 1. The van der Waals surface area contributed by atoms with E-state index in [4.69, 9.17) is 0 Å². The van der Waals surface area contributed by atoms with Gasteiger partial charge in [-0.2, -0.15) is 4.79 Å². The Kier molecular flexibility index (Phi) is 3.52. The zero-order valence-electron chi connectivity index (χ0n) is 9.28. The molecule has 0 saturated heterocycles. The van der Waals surface area contributed by atoms with E-state index in [9.17, 15) is 9.90 Å². The summed E-state index contributed by atoms with van der Waals surface area (Å²) in [5.41, 5.74) is 1.66. The molecule has 0 heterocycles. The van der Waals surface area contributed by atoms with Crippen LogP contribution in [0, 0.1) is 0 Å². The van der Waals surface area contributed by atoms with E-state index in [2.05, 4.69) is 0 Å². The highest BCUT2D eigenvalue weighted by Crippen LogP contribution is 2.16. The maximum Gasteiger partial charge on any atom is 0.569 e. The molecule has 1 N–H and O–H groups in total. The van der Waals surface area contributed by atoms with Crippen molar-refractivity contribution in [1.29, 1.82) is 0 Å². The lowest BCUT2D eigenvalue weighted by atomic mass is 10.2. The molecule has 0 aliphatic rings. The highest BCUT2D eigenvalue weighted by atomic mass is 16.4. The van der Waals surface area contributed by atoms with Gasteiger partial charge in [0.1, 0.15) is 0 Å². The summed E-state index contributed by atoms with van der Waals surface area (Å²) < 4.78 is 0. The highest BCUT2D eigenvalue weighted by Gasteiger charge is 2.28. The summed E-state index contributed by atoms with van der Waals surface area (Å²) in [6.45, 7) is 0.361. The third-order valence-corrected chi connectivity index (χ3v) is 2.48. The minimum absolute atomic E-state index is 0.361. The maximum absolute atomic E-state index is 11.2. The lowest BCUT2D eigenvalue weighted by Crippen LogP contribution is -2.29. The van der Waals surface area contributed by atoms with Gasteiger partial charge in [-0.3, -0.25) is 0 Å². The van der Waals surface area contributed by atoms with Crippen LogP contribution in [0.25, 0.3) is 0 Å². The first kappa shape index (κ1) is 11.4. The Hall–Kier alpha value is -2.13. The minimum Gasteiger partial charge on any atom is -0.431 e. The van der Waals surface area contributed by atoms with Crippen LogP contribution in [0.15, 0.2) is 60.7 Å². The van der Waals surface area contributed by atoms with E-state index in [1.165, 1.54) is 4.90 Å². The lowest BCUT2D eigenvalue weighted by Gasteiger charge is -2.05. The largest absolute Gasteiger partial charge is 0.569 e. The van der Waals surface area contributed by atoms with Gasteiger partial charge in [-0.15, -0.1) is 0 Å². The molecular weight excluding hydrogens is 214 g/mol. The fourth-order valence-electron chi connectivity index (χ4n) is 1.64. The molecule has 85 valence electrons. The van der Waals surface area contributed by atoms with E-state index in [0.29, 0.717) is 12.2 Å². The summed E-state index contributed by atoms with van der Waals surface area (Å²) in [5, 5.41) is 9.21. The zero-order chi connectivity index (χ0) is 12.1. The van der Waals surface area contributed by atoms with Crippen LogP contribution in [0.1, 0.15) is 5.56 Å². The third-order valence-electron chi connectivity index (χ3n) is 2.48. The zero-order valence-corrected chi connectivity index (χ0v) is 9.28. The maximum atomic E-state index is 11.2. The van der Waals surface area contributed by atoms with Crippen LogP contribution in [-0.4, -0.2) is 11.2 Å². The van der Waals surface area contributed by atoms with Crippen molar-refractivity contribution in [3.05, 3.63) is 66.2 Å². The third kappa shape index (κ3) is 2.92. The van der Waals surface area contributed by atoms with Gasteiger partial charge in [-0.25, -0.2) is 0 Å². The Morgan fingerprint density at radius 3 is 2.00 bits per heavy atom. The van der Waals surface area contributed by atoms with Crippen molar-refractivity contribution in [2.24, 2.45) is 0 Å². The fourth-order valence-corrected chi connectivity index (χ4v) is 1.64. The van der Waals surface area contributed by atoms with Gasteiger partial charge in [0.2, 0.25) is 0 Å². The van der Waals surface area contributed by atoms with Crippen LogP contribution in [-0.2, 0) is 6.54 Å². The van der Waals surface area contributed by atoms with Crippen LogP contribution in [0.3, 0.4) is 0 Å². The first-order chi connectivity index (χ1) is 8.27. The summed E-state index contributed by atoms with van der Waals surface area (Å²) in [4.78, 5) is 12.6. The summed E-state index contributed by atoms with van der Waals surface area (Å²) in [6, 6.07) is 18.7. The standard InChI is InChI=1S/C14H13NO2/c16-14(17)15(13-9-5-2-6-10-13)11-12-7-3-1-4-8-12/h1-10H,11H2,(H,16,17)/q+1. The van der Waals surface area contributed by atoms with Crippen molar-refractivity contribution < 1.29 is 9.90 Å². The molecule has 2 aromatic carbocycles. The van der Waals surface area contributed by atoms with E-state index < -0.39 is 6.09 Å². The average molecular weight is 227 g/mol. The summed E-state index contributed by atoms with van der Waals surface area (Å²) in [5.74, 6) is 0. The predicted molar refractivity (Wildman–Crippen MR) is 66.4 cm³/mol. The molecule has 0 spiro atoms. The van der Waals surface area contributed by atoms with E-state index >= 15 is 0 Å². The number of carbonyl (C=O) groups is 1. The van der Waals surface area contributed by atoms with Gasteiger partial charge < -0.3 is 5.11 Å². The first-order valence-corrected chi connectivity index (χ1v) is 5.37. The normalized spacial score (nSPS) is 10.4. The first-order valence-electron chi connectivity index (χ1n) is 5.37. The molecule has 1 radical (unpaired) electrons. The van der Waals surface area contributed by atoms with E-state index in [1.54, 1.807) is 12.1 Å². The number of anilines is 1. The number of hydrogen-bond donors (Lipinski definition) is 1. The molecule has 0 fully saturated rings. The van der Waals surface area contributed by atoms with Crippen molar-refractivity contribution in [3.63, 3.8) is 0 Å². The van der Waals surface area contributed by atoms with Gasteiger partial charge >= 0.3 is 6.09 Å². The van der Waals surface area contributed by atoms with Gasteiger partial charge in [0, 0.05) is 17.7 Å². The van der Waals surface area contributed by atoms with E-state index in [1.807, 2.05) is 48.5 Å². The van der Waals surface area contributed by atoms with Crippen molar-refractivity contribution in [1.82, 2.24) is 4.90 Å². The number of para-hydroxylation sites is 1. The molecule has 0 aliphatic heterocycles. The molecule has 3 heteroatoms. The second kappa shape index (κ2) is 5.27. The lowest BCUT2D eigenvalue weighted by molar-refractivity contribution is 0.182. The van der Waals surface area contributed by atoms with Crippen molar-refractivity contribution in [2.45, 2.75) is 6.54 Å². The Balaban J connectivity index is 2.23. The number of hydrogen-bond acceptors (Lipinski definition) is 1. The minimum atomic E-state index is -0.944. The molecule has 0 unspecified atom stereocenters. The molecule has 17 heavy (non-hydrogen) atoms. The molecular formula is C14H13NO2+. The van der Waals surface area contributed by atoms with Crippen LogP contribution >= 0.6 is 0 Å². The second-order valence-electron chi connectivity index (χ2n) is 3.69. The monoisotopic (exact) mass is 227 g/mol. The summed E-state index contributed by atoms with van der Waals surface area (Å²) >= 11 is 0. The average Bonchev–Trinajstić information content (AvgIpc) is 2.38. The predicted octanol–water partition coefficient (Wildman–Crippen LogP) is 3.34. The van der Waals surface area contributed by atoms with E-state index in [-0.39, 0.29) is 0 Å². The number of rotatable bonds is 3. The molecule has 0 saturated carbocycles. The molecule has 1 amide bonds. The molecule has 0 aromatic heterocycles. The van der Waals surface area contributed by atoms with Gasteiger partial charge in [-0.1, -0.05) is 48.5 Å². The highest BCUT2D eigenvalue weighted by molar-refractivity contribution is 5.75. The van der Waals surface area contributed by atoms with Crippen molar-refractivity contribution in [3.8, 4) is 0 Å². The molecule has 3 nitrogen and oxygen atoms in total. The van der Waals surface area contributed by atoms with Crippen molar-refractivity contribution in [2.75, 3.05) is 0 Å². The van der Waals surface area contributed by atoms with E-state index in [0.717, 1.165) is 5.56 Å². The topological polar surface area (TPSA) is 43.2 Å². The second-order valence-corrected chi connectivity index (χ2v) is 3.69. The quantitative estimate of drug-likeness (QED) is 0.817. The molecule has 0 atom stereocenters. The Bertz CT molecular complexity index is 482. The molecule has 2 aromatic rings. The Labute approximate surface area is 99.9 Å². The Morgan fingerprint density at radius 2 is 1.47 bits per heavy atom. The van der Waals surface area contributed by atoms with Crippen LogP contribution < -0.4 is 4.90 Å². The van der Waals surface area contributed by atoms with Crippen LogP contribution in [0.5, 0.6) is 0 Å². The molecule has 0 bridgehead atoms. The number of amides is 1. The van der Waals surface area contributed by atoms with Gasteiger partial charge in [0.05, 0.1) is 0 Å². The smallest absolute Gasteiger partial charge is 0.431 e. The van der Waals surface area contributed by atoms with Gasteiger partial charge in [0.15, 0.2) is 12.2 Å². The van der Waals surface area contributed by atoms with Gasteiger partial charge in [0.25, 0.3) is 0 Å². The number of nitrogens with zero attached hydrogens (tertiary/aromatic N) is 1. The SMILES string of the molecule is O=C(O)[N+](Cc1ccccc1)c1ccccc1. The van der Waals surface area contributed by atoms with Gasteiger partial charge in [-0.05, 0) is 4.90 Å². The molecule has 0 aliphatic carbocycles. The summed E-state index contributed by atoms with van der Waals surface area (Å²) in [6.07, 6.45) is -0.944. The van der Waals surface area contributed by atoms with Crippen LogP contribution in [0.4, 0.5) is 10.5 Å². The summed E-state index contributed by atoms with van der Waals surface area (Å²) in [7, 11) is 0. The molecule has 2 rings (SSSR count). The van der Waals surface area contributed by atoms with Crippen molar-refractivity contribution >= 4 is 11.8 Å². The Morgan fingerprint density at radius 1 is 0.941 bits per heavy atom. The fraction of sp³-hybridized carbons (Fsp3) is 0.0714. The number of benzene rings is 2.